The number of nitrogens with zero attached hydrogens (tertiary/aromatic N) is 1. The maximum absolute atomic E-state index is 12.5. The van der Waals surface area contributed by atoms with Crippen molar-refractivity contribution in [3.05, 3.63) is 0 Å². The maximum atomic E-state index is 12.5. The Morgan fingerprint density at radius 1 is 0.579 bits per heavy atom. The van der Waals surface area contributed by atoms with Gasteiger partial charge in [0.05, 0.1) is 6.61 Å². The van der Waals surface area contributed by atoms with Crippen molar-refractivity contribution in [2.24, 2.45) is 0 Å². The monoisotopic (exact) mass is 539 g/mol. The van der Waals surface area contributed by atoms with E-state index in [0.29, 0.717) is 26.2 Å². The molecule has 0 aromatic rings. The van der Waals surface area contributed by atoms with E-state index in [1.54, 1.807) is 0 Å². The Labute approximate surface area is 237 Å². The number of carbonyl (C=O) groups excluding carboxylic acids is 2. The number of unbranched alkanes of at least 4 members (excludes halogenated alkanes) is 19. The third-order valence-corrected chi connectivity index (χ3v) is 7.61. The second kappa shape index (κ2) is 28.9. The highest BCUT2D eigenvalue weighted by molar-refractivity contribution is 5.75. The summed E-state index contributed by atoms with van der Waals surface area (Å²) in [5, 5.41) is 0. The first kappa shape index (κ1) is 36.9. The fraction of sp³-hybridized carbons (Fsp3) is 0.939. The molecule has 5 nitrogen and oxygen atoms in total. The number of rotatable bonds is 29. The quantitative estimate of drug-likeness (QED) is 0.0700. The second-order valence-corrected chi connectivity index (χ2v) is 11.2. The van der Waals surface area contributed by atoms with E-state index in [1.807, 2.05) is 18.9 Å². The van der Waals surface area contributed by atoms with Crippen molar-refractivity contribution in [3.63, 3.8) is 0 Å². The molecule has 0 aliphatic carbocycles. The lowest BCUT2D eigenvalue weighted by atomic mass is 10.0. The highest BCUT2D eigenvalue weighted by Gasteiger charge is 2.24. The van der Waals surface area contributed by atoms with Gasteiger partial charge in [-0.25, -0.2) is 0 Å². The molecule has 0 bridgehead atoms. The Morgan fingerprint density at radius 3 is 1.45 bits per heavy atom. The van der Waals surface area contributed by atoms with Crippen LogP contribution in [0.2, 0.25) is 0 Å². The first-order chi connectivity index (χ1) is 18.6. The van der Waals surface area contributed by atoms with Crippen molar-refractivity contribution in [1.82, 2.24) is 4.90 Å². The second-order valence-electron chi connectivity index (χ2n) is 11.2. The van der Waals surface area contributed by atoms with Gasteiger partial charge in [-0.3, -0.25) is 14.5 Å². The van der Waals surface area contributed by atoms with E-state index >= 15 is 0 Å². The van der Waals surface area contributed by atoms with Crippen molar-refractivity contribution >= 4 is 11.9 Å². The summed E-state index contributed by atoms with van der Waals surface area (Å²) >= 11 is 0. The van der Waals surface area contributed by atoms with Gasteiger partial charge in [0.2, 0.25) is 0 Å². The molecule has 0 aliphatic heterocycles. The van der Waals surface area contributed by atoms with Crippen LogP contribution in [-0.2, 0) is 19.1 Å². The largest absolute Gasteiger partial charge is 0.465 e. The van der Waals surface area contributed by atoms with Crippen LogP contribution in [0.1, 0.15) is 168 Å². The lowest BCUT2D eigenvalue weighted by Gasteiger charge is -2.26. The SMILES string of the molecule is CCCCCCCCCCCCCC(=O)OCCN(C)C(CCCCCCCCCCCC)C(=O)OCC. The van der Waals surface area contributed by atoms with Gasteiger partial charge in [-0.15, -0.1) is 0 Å². The first-order valence-corrected chi connectivity index (χ1v) is 16.6. The minimum atomic E-state index is -0.255. The molecule has 0 fully saturated rings. The molecule has 0 saturated heterocycles. The predicted molar refractivity (Wildman–Crippen MR) is 162 cm³/mol. The van der Waals surface area contributed by atoms with E-state index in [1.165, 1.54) is 109 Å². The first-order valence-electron chi connectivity index (χ1n) is 16.6. The molecule has 0 spiro atoms. The van der Waals surface area contributed by atoms with Crippen LogP contribution in [0, 0.1) is 0 Å². The molecule has 0 aliphatic rings. The Kier molecular flexibility index (Phi) is 28.1. The predicted octanol–water partition coefficient (Wildman–Crippen LogP) is 9.41. The van der Waals surface area contributed by atoms with Gasteiger partial charge in [-0.2, -0.15) is 0 Å². The van der Waals surface area contributed by atoms with Gasteiger partial charge in [0.15, 0.2) is 0 Å². The molecule has 5 heteroatoms. The molecule has 0 aromatic heterocycles. The van der Waals surface area contributed by atoms with Crippen LogP contribution in [0.4, 0.5) is 0 Å². The van der Waals surface area contributed by atoms with Gasteiger partial charge in [-0.05, 0) is 26.8 Å². The fourth-order valence-electron chi connectivity index (χ4n) is 5.05. The van der Waals surface area contributed by atoms with Crippen molar-refractivity contribution in [2.45, 2.75) is 174 Å². The molecule has 0 amide bonds. The summed E-state index contributed by atoms with van der Waals surface area (Å²) in [7, 11) is 1.94. The van der Waals surface area contributed by atoms with Gasteiger partial charge in [0.1, 0.15) is 12.6 Å². The minimum Gasteiger partial charge on any atom is -0.465 e. The van der Waals surface area contributed by atoms with Crippen LogP contribution in [0.25, 0.3) is 0 Å². The summed E-state index contributed by atoms with van der Waals surface area (Å²) in [4.78, 5) is 26.7. The number of likely N-dealkylation sites (N-methyl/N-ethyl adjacent to an activating group) is 1. The van der Waals surface area contributed by atoms with Crippen LogP contribution in [0.5, 0.6) is 0 Å². The Balaban J connectivity index is 3.91. The summed E-state index contributed by atoms with van der Waals surface area (Å²) in [5.41, 5.74) is 0. The Morgan fingerprint density at radius 2 is 1.00 bits per heavy atom. The molecule has 0 radical (unpaired) electrons. The van der Waals surface area contributed by atoms with E-state index in [0.717, 1.165) is 32.1 Å². The Bertz CT molecular complexity index is 525. The summed E-state index contributed by atoms with van der Waals surface area (Å²) < 4.78 is 10.8. The van der Waals surface area contributed by atoms with Gasteiger partial charge in [-0.1, -0.05) is 142 Å². The highest BCUT2D eigenvalue weighted by atomic mass is 16.5. The number of carbonyl (C=O) groups is 2. The molecule has 1 unspecified atom stereocenters. The van der Waals surface area contributed by atoms with E-state index in [-0.39, 0.29) is 18.0 Å². The molecule has 0 aromatic carbocycles. The molecule has 1 atom stereocenters. The van der Waals surface area contributed by atoms with E-state index < -0.39 is 0 Å². The highest BCUT2D eigenvalue weighted by Crippen LogP contribution is 2.15. The van der Waals surface area contributed by atoms with Crippen LogP contribution in [0.3, 0.4) is 0 Å². The van der Waals surface area contributed by atoms with Crippen molar-refractivity contribution in [2.75, 3.05) is 26.8 Å². The normalized spacial score (nSPS) is 12.1. The van der Waals surface area contributed by atoms with E-state index in [2.05, 4.69) is 13.8 Å². The zero-order chi connectivity index (χ0) is 28.1. The molecule has 0 heterocycles. The average Bonchev–Trinajstić information content (AvgIpc) is 2.90. The Hall–Kier alpha value is -1.10. The van der Waals surface area contributed by atoms with Crippen molar-refractivity contribution in [3.8, 4) is 0 Å². The van der Waals surface area contributed by atoms with Crippen LogP contribution in [0.15, 0.2) is 0 Å². The van der Waals surface area contributed by atoms with E-state index in [9.17, 15) is 9.59 Å². The zero-order valence-electron chi connectivity index (χ0n) is 26.0. The lowest BCUT2D eigenvalue weighted by Crippen LogP contribution is -2.41. The average molecular weight is 540 g/mol. The molecular weight excluding hydrogens is 474 g/mol. The standard InChI is InChI=1S/C33H65NO4/c1-5-8-10-12-14-16-18-20-22-24-26-28-32(35)38-30-29-34(4)31(33(36)37-7-3)27-25-23-21-19-17-15-13-11-9-6-2/h31H,5-30H2,1-4H3. The summed E-state index contributed by atoms with van der Waals surface area (Å²) in [6.45, 7) is 7.66. The number of ether oxygens (including phenoxy) is 2. The van der Waals surface area contributed by atoms with Gasteiger partial charge in [0.25, 0.3) is 0 Å². The smallest absolute Gasteiger partial charge is 0.323 e. The maximum Gasteiger partial charge on any atom is 0.323 e. The molecule has 0 saturated carbocycles. The molecule has 38 heavy (non-hydrogen) atoms. The lowest BCUT2D eigenvalue weighted by molar-refractivity contribution is -0.150. The summed E-state index contributed by atoms with van der Waals surface area (Å²) in [6.07, 6.45) is 28.1. The van der Waals surface area contributed by atoms with E-state index in [4.69, 9.17) is 9.47 Å². The van der Waals surface area contributed by atoms with Crippen LogP contribution >= 0.6 is 0 Å². The van der Waals surface area contributed by atoms with Gasteiger partial charge < -0.3 is 9.47 Å². The molecule has 226 valence electrons. The molecule has 0 rings (SSSR count). The van der Waals surface area contributed by atoms with Crippen LogP contribution in [-0.4, -0.2) is 49.7 Å². The topological polar surface area (TPSA) is 55.8 Å². The third-order valence-electron chi connectivity index (χ3n) is 7.61. The summed E-state index contributed by atoms with van der Waals surface area (Å²) in [5.74, 6) is -0.269. The van der Waals surface area contributed by atoms with Crippen molar-refractivity contribution in [1.29, 1.82) is 0 Å². The van der Waals surface area contributed by atoms with Crippen molar-refractivity contribution < 1.29 is 19.1 Å². The van der Waals surface area contributed by atoms with Gasteiger partial charge in [0, 0.05) is 13.0 Å². The van der Waals surface area contributed by atoms with Gasteiger partial charge >= 0.3 is 11.9 Å². The number of esters is 2. The number of hydrogen-bond acceptors (Lipinski definition) is 5. The minimum absolute atomic E-state index is 0.114. The summed E-state index contributed by atoms with van der Waals surface area (Å²) in [6, 6.07) is -0.255. The zero-order valence-corrected chi connectivity index (χ0v) is 26.0. The van der Waals surface area contributed by atoms with Crippen LogP contribution < -0.4 is 0 Å². The fourth-order valence-corrected chi connectivity index (χ4v) is 5.05. The third kappa shape index (κ3) is 24.0. The molecular formula is C33H65NO4. The molecule has 0 N–H and O–H groups in total. The number of hydrogen-bond donors (Lipinski definition) is 0.